The number of ether oxygens (including phenoxy) is 2. The third kappa shape index (κ3) is 8.69. The number of benzene rings is 3. The number of sulfonamides is 1. The molecule has 3 aromatic rings. The predicted octanol–water partition coefficient (Wildman–Crippen LogP) is 5.39. The molecule has 41 heavy (non-hydrogen) atoms. The normalized spacial score (nSPS) is 15.1. The number of carbonyl (C=O) groups is 2. The van der Waals surface area contributed by atoms with Crippen molar-refractivity contribution >= 4 is 39.1 Å². The highest BCUT2D eigenvalue weighted by atomic mass is 35.5. The summed E-state index contributed by atoms with van der Waals surface area (Å²) in [6, 6.07) is 18.7. The van der Waals surface area contributed by atoms with Gasteiger partial charge in [-0.3, -0.25) is 9.59 Å². The lowest BCUT2D eigenvalue weighted by Gasteiger charge is -2.23. The Balaban J connectivity index is 1.48. The maximum absolute atomic E-state index is 13.2. The van der Waals surface area contributed by atoms with Crippen LogP contribution in [0.15, 0.2) is 71.6 Å². The summed E-state index contributed by atoms with van der Waals surface area (Å²) in [5, 5.41) is 3.28. The van der Waals surface area contributed by atoms with Gasteiger partial charge >= 0.3 is 0 Å². The predicted molar refractivity (Wildman–Crippen MR) is 158 cm³/mol. The molecule has 2 amide bonds. The average molecular weight is 600 g/mol. The van der Waals surface area contributed by atoms with Crippen molar-refractivity contribution in [3.8, 4) is 17.2 Å². The Morgan fingerprint density at radius 3 is 2.46 bits per heavy atom. The van der Waals surface area contributed by atoms with Crippen molar-refractivity contribution in [2.75, 3.05) is 32.1 Å². The highest BCUT2D eigenvalue weighted by Crippen LogP contribution is 2.36. The summed E-state index contributed by atoms with van der Waals surface area (Å²) in [5.74, 6) is 0.997. The standard InChI is InChI=1S/C30H34ClN3O6S/c1-32-41(37,38)24-14-10-22(11-15-24)12-17-30(36)34-18-6-2-3-7-19-39-27-8-4-5-9-28(27)40-26-16-13-23(31)20-25(26)33-29(35)21-34/h4-5,8-11,13-16,20,32H,2-3,6-7,12,17-19,21H2,1H3,(H,33,35). The first kappa shape index (κ1) is 30.4. The molecule has 0 fully saturated rings. The Morgan fingerprint density at radius 2 is 1.71 bits per heavy atom. The number of anilines is 1. The number of nitrogens with one attached hydrogen (secondary N) is 2. The minimum absolute atomic E-state index is 0.121. The van der Waals surface area contributed by atoms with Crippen LogP contribution in [0.2, 0.25) is 5.02 Å². The summed E-state index contributed by atoms with van der Waals surface area (Å²) in [6.07, 6.45) is 3.99. The van der Waals surface area contributed by atoms with Gasteiger partial charge in [-0.25, -0.2) is 13.1 Å². The van der Waals surface area contributed by atoms with E-state index in [1.807, 2.05) is 18.2 Å². The number of para-hydroxylation sites is 2. The van der Waals surface area contributed by atoms with E-state index >= 15 is 0 Å². The molecule has 0 spiro atoms. The van der Waals surface area contributed by atoms with Gasteiger partial charge in [0.25, 0.3) is 0 Å². The quantitative estimate of drug-likeness (QED) is 0.406. The van der Waals surface area contributed by atoms with Crippen molar-refractivity contribution < 1.29 is 27.5 Å². The fourth-order valence-electron chi connectivity index (χ4n) is 4.42. The smallest absolute Gasteiger partial charge is 0.244 e. The van der Waals surface area contributed by atoms with Crippen molar-refractivity contribution in [2.24, 2.45) is 0 Å². The largest absolute Gasteiger partial charge is 0.490 e. The average Bonchev–Trinajstić information content (AvgIpc) is 2.96. The molecule has 9 nitrogen and oxygen atoms in total. The van der Waals surface area contributed by atoms with Gasteiger partial charge in [-0.2, -0.15) is 0 Å². The maximum atomic E-state index is 13.2. The zero-order chi connectivity index (χ0) is 29.2. The minimum Gasteiger partial charge on any atom is -0.490 e. The molecule has 0 aromatic heterocycles. The van der Waals surface area contributed by atoms with Crippen molar-refractivity contribution in [3.05, 3.63) is 77.3 Å². The van der Waals surface area contributed by atoms with Crippen LogP contribution >= 0.6 is 11.6 Å². The molecule has 1 heterocycles. The summed E-state index contributed by atoms with van der Waals surface area (Å²) in [4.78, 5) is 28.1. The number of rotatable bonds is 5. The fraction of sp³-hybridized carbons (Fsp3) is 0.333. The van der Waals surface area contributed by atoms with Gasteiger partial charge in [-0.05, 0) is 74.3 Å². The van der Waals surface area contributed by atoms with E-state index in [1.54, 1.807) is 41.3 Å². The number of hydrogen-bond acceptors (Lipinski definition) is 6. The first-order valence-electron chi connectivity index (χ1n) is 13.5. The third-order valence-corrected chi connectivity index (χ3v) is 8.35. The monoisotopic (exact) mass is 599 g/mol. The Labute approximate surface area is 245 Å². The van der Waals surface area contributed by atoms with Gasteiger partial charge in [0.15, 0.2) is 17.2 Å². The number of amides is 2. The molecule has 1 aliphatic heterocycles. The molecule has 0 unspecified atom stereocenters. The van der Waals surface area contributed by atoms with Crippen LogP contribution in [0.5, 0.6) is 17.2 Å². The number of halogens is 1. The summed E-state index contributed by atoms with van der Waals surface area (Å²) >= 11 is 6.23. The van der Waals surface area contributed by atoms with Gasteiger partial charge in [-0.1, -0.05) is 48.7 Å². The number of hydrogen-bond donors (Lipinski definition) is 2. The van der Waals surface area contributed by atoms with Gasteiger partial charge in [0.1, 0.15) is 0 Å². The Hall–Kier alpha value is -3.60. The molecular weight excluding hydrogens is 566 g/mol. The van der Waals surface area contributed by atoms with E-state index in [0.29, 0.717) is 47.5 Å². The molecule has 0 bridgehead atoms. The number of fused-ring (bicyclic) bond motifs is 2. The van der Waals surface area contributed by atoms with Crippen molar-refractivity contribution in [1.29, 1.82) is 0 Å². The Morgan fingerprint density at radius 1 is 0.976 bits per heavy atom. The lowest BCUT2D eigenvalue weighted by Crippen LogP contribution is -2.38. The molecule has 4 rings (SSSR count). The summed E-state index contributed by atoms with van der Waals surface area (Å²) in [6.45, 7) is 0.847. The SMILES string of the molecule is CNS(=O)(=O)c1ccc(CCC(=O)N2CCCCCCOc3ccccc3Oc3ccc(Cl)cc3NC(=O)C2)cc1. The van der Waals surface area contributed by atoms with E-state index < -0.39 is 10.0 Å². The van der Waals surface area contributed by atoms with Crippen LogP contribution in [0.25, 0.3) is 0 Å². The summed E-state index contributed by atoms with van der Waals surface area (Å²) < 4.78 is 38.3. The second-order valence-corrected chi connectivity index (χ2v) is 12.0. The van der Waals surface area contributed by atoms with Crippen LogP contribution in [-0.4, -0.2) is 51.9 Å². The lowest BCUT2D eigenvalue weighted by atomic mass is 10.1. The molecule has 0 aliphatic carbocycles. The van der Waals surface area contributed by atoms with Crippen LogP contribution in [0.1, 0.15) is 37.7 Å². The molecular formula is C30H34ClN3O6S. The molecule has 11 heteroatoms. The topological polar surface area (TPSA) is 114 Å². The van der Waals surface area contributed by atoms with Crippen molar-refractivity contribution in [1.82, 2.24) is 9.62 Å². The molecule has 3 aromatic carbocycles. The van der Waals surface area contributed by atoms with E-state index in [9.17, 15) is 18.0 Å². The zero-order valence-corrected chi connectivity index (χ0v) is 24.5. The van der Waals surface area contributed by atoms with Gasteiger partial charge in [0.2, 0.25) is 21.8 Å². The fourth-order valence-corrected chi connectivity index (χ4v) is 5.32. The molecule has 218 valence electrons. The zero-order valence-electron chi connectivity index (χ0n) is 22.9. The molecule has 2 N–H and O–H groups in total. The Kier molecular flexibility index (Phi) is 10.6. The van der Waals surface area contributed by atoms with E-state index in [0.717, 1.165) is 31.2 Å². The molecule has 0 saturated carbocycles. The number of carbonyl (C=O) groups excluding carboxylic acids is 2. The number of aryl methyl sites for hydroxylation is 1. The number of nitrogens with zero attached hydrogens (tertiary/aromatic N) is 1. The minimum atomic E-state index is -3.53. The van der Waals surface area contributed by atoms with Gasteiger partial charge in [0, 0.05) is 18.0 Å². The van der Waals surface area contributed by atoms with Crippen LogP contribution in [-0.2, 0) is 26.0 Å². The van der Waals surface area contributed by atoms with Crippen molar-refractivity contribution in [3.63, 3.8) is 0 Å². The van der Waals surface area contributed by atoms with Crippen LogP contribution in [0.3, 0.4) is 0 Å². The van der Waals surface area contributed by atoms with Crippen LogP contribution < -0.4 is 19.5 Å². The second kappa shape index (κ2) is 14.3. The van der Waals surface area contributed by atoms with E-state index in [2.05, 4.69) is 10.0 Å². The first-order chi connectivity index (χ1) is 19.7. The Bertz CT molecular complexity index is 1460. The maximum Gasteiger partial charge on any atom is 0.244 e. The third-order valence-electron chi connectivity index (χ3n) is 6.68. The lowest BCUT2D eigenvalue weighted by molar-refractivity contribution is -0.134. The van der Waals surface area contributed by atoms with Crippen LogP contribution in [0, 0.1) is 0 Å². The summed E-state index contributed by atoms with van der Waals surface area (Å²) in [7, 11) is -2.18. The van der Waals surface area contributed by atoms with Gasteiger partial charge < -0.3 is 19.7 Å². The molecule has 0 atom stereocenters. The molecule has 1 aliphatic rings. The summed E-state index contributed by atoms with van der Waals surface area (Å²) in [5.41, 5.74) is 1.21. The second-order valence-electron chi connectivity index (χ2n) is 9.67. The molecule has 0 saturated heterocycles. The first-order valence-corrected chi connectivity index (χ1v) is 15.4. The van der Waals surface area contributed by atoms with E-state index in [4.69, 9.17) is 21.1 Å². The highest BCUT2D eigenvalue weighted by Gasteiger charge is 2.20. The highest BCUT2D eigenvalue weighted by molar-refractivity contribution is 7.89. The van der Waals surface area contributed by atoms with Gasteiger partial charge in [0.05, 0.1) is 23.7 Å². The van der Waals surface area contributed by atoms with Crippen LogP contribution in [0.4, 0.5) is 5.69 Å². The molecule has 0 radical (unpaired) electrons. The van der Waals surface area contributed by atoms with Crippen molar-refractivity contribution in [2.45, 2.75) is 43.4 Å². The van der Waals surface area contributed by atoms with Gasteiger partial charge in [-0.15, -0.1) is 0 Å². The van der Waals surface area contributed by atoms with E-state index in [1.165, 1.54) is 19.2 Å². The van der Waals surface area contributed by atoms with E-state index in [-0.39, 0.29) is 29.7 Å².